The highest BCUT2D eigenvalue weighted by atomic mass is 35.5. The minimum absolute atomic E-state index is 0. The molecule has 0 aromatic heterocycles. The van der Waals surface area contributed by atoms with Gasteiger partial charge in [-0.25, -0.2) is 0 Å². The summed E-state index contributed by atoms with van der Waals surface area (Å²) in [6.45, 7) is 5.27. The van der Waals surface area contributed by atoms with Crippen molar-refractivity contribution in [2.24, 2.45) is 5.92 Å². The van der Waals surface area contributed by atoms with Crippen LogP contribution in [0.25, 0.3) is 0 Å². The second-order valence-corrected chi connectivity index (χ2v) is 6.00. The molecule has 5 heteroatoms. The minimum atomic E-state index is -0.0832. The maximum absolute atomic E-state index is 12.1. The summed E-state index contributed by atoms with van der Waals surface area (Å²) < 4.78 is 5.90. The van der Waals surface area contributed by atoms with Crippen molar-refractivity contribution < 1.29 is 9.53 Å². The molecule has 0 heterocycles. The maximum atomic E-state index is 12.1. The van der Waals surface area contributed by atoms with E-state index in [1.54, 1.807) is 12.1 Å². The van der Waals surface area contributed by atoms with E-state index in [0.717, 1.165) is 12.0 Å². The molecule has 1 aliphatic rings. The second-order valence-electron chi connectivity index (χ2n) is 6.00. The van der Waals surface area contributed by atoms with Crippen LogP contribution in [0.5, 0.6) is 0 Å². The number of aryl methyl sites for hydroxylation is 1. The Balaban J connectivity index is 0.00000242. The summed E-state index contributed by atoms with van der Waals surface area (Å²) in [5.41, 5.74) is 7.91. The summed E-state index contributed by atoms with van der Waals surface area (Å²) in [7, 11) is 0. The first-order valence-electron chi connectivity index (χ1n) is 7.84. The number of carbonyl (C=O) groups is 1. The SMILES string of the molecule is Cc1ccc(N)cc1C(=O)NCCOC1CCCCC1C.Cl. The van der Waals surface area contributed by atoms with Crippen molar-refractivity contribution in [1.82, 2.24) is 5.32 Å². The van der Waals surface area contributed by atoms with Crippen LogP contribution in [0.2, 0.25) is 0 Å². The van der Waals surface area contributed by atoms with E-state index in [-0.39, 0.29) is 18.3 Å². The summed E-state index contributed by atoms with van der Waals surface area (Å²) >= 11 is 0. The van der Waals surface area contributed by atoms with Crippen molar-refractivity contribution in [3.05, 3.63) is 29.3 Å². The van der Waals surface area contributed by atoms with Crippen LogP contribution in [0, 0.1) is 12.8 Å². The molecule has 1 fully saturated rings. The third-order valence-corrected chi connectivity index (χ3v) is 4.26. The number of hydrogen-bond donors (Lipinski definition) is 2. The molecule has 2 rings (SSSR count). The normalized spacial score (nSPS) is 21.0. The van der Waals surface area contributed by atoms with E-state index in [1.165, 1.54) is 19.3 Å². The molecular formula is C17H27ClN2O2. The Morgan fingerprint density at radius 2 is 2.09 bits per heavy atom. The lowest BCUT2D eigenvalue weighted by Crippen LogP contribution is -2.32. The summed E-state index contributed by atoms with van der Waals surface area (Å²) in [5, 5.41) is 2.90. The first-order chi connectivity index (χ1) is 10.1. The van der Waals surface area contributed by atoms with Crippen LogP contribution < -0.4 is 11.1 Å². The van der Waals surface area contributed by atoms with E-state index in [2.05, 4.69) is 12.2 Å². The van der Waals surface area contributed by atoms with Crippen molar-refractivity contribution in [3.63, 3.8) is 0 Å². The molecule has 1 amide bonds. The highest BCUT2D eigenvalue weighted by molar-refractivity contribution is 5.96. The number of nitrogen functional groups attached to an aromatic ring is 1. The third-order valence-electron chi connectivity index (χ3n) is 4.26. The summed E-state index contributed by atoms with van der Waals surface area (Å²) in [6, 6.07) is 5.39. The number of nitrogens with two attached hydrogens (primary N) is 1. The van der Waals surface area contributed by atoms with Crippen molar-refractivity contribution in [1.29, 1.82) is 0 Å². The smallest absolute Gasteiger partial charge is 0.251 e. The van der Waals surface area contributed by atoms with E-state index in [1.807, 2.05) is 13.0 Å². The van der Waals surface area contributed by atoms with Crippen molar-refractivity contribution in [3.8, 4) is 0 Å². The topological polar surface area (TPSA) is 64.4 Å². The Labute approximate surface area is 139 Å². The summed E-state index contributed by atoms with van der Waals surface area (Å²) in [5.74, 6) is 0.547. The maximum Gasteiger partial charge on any atom is 0.251 e. The van der Waals surface area contributed by atoms with Gasteiger partial charge in [-0.05, 0) is 43.4 Å². The molecule has 1 aromatic carbocycles. The average molecular weight is 327 g/mol. The van der Waals surface area contributed by atoms with Crippen LogP contribution in [0.1, 0.15) is 48.5 Å². The van der Waals surface area contributed by atoms with Gasteiger partial charge in [0.2, 0.25) is 0 Å². The first kappa shape index (κ1) is 18.8. The Kier molecular flexibility index (Phi) is 7.69. The number of halogens is 1. The van der Waals surface area contributed by atoms with Crippen molar-refractivity contribution in [2.75, 3.05) is 18.9 Å². The van der Waals surface area contributed by atoms with Crippen LogP contribution in [0.15, 0.2) is 18.2 Å². The molecule has 22 heavy (non-hydrogen) atoms. The predicted octanol–water partition coefficient (Wildman–Crippen LogP) is 3.32. The number of benzene rings is 1. The molecule has 0 bridgehead atoms. The highest BCUT2D eigenvalue weighted by Gasteiger charge is 2.21. The van der Waals surface area contributed by atoms with Crippen molar-refractivity contribution >= 4 is 24.0 Å². The van der Waals surface area contributed by atoms with Gasteiger partial charge in [-0.15, -0.1) is 12.4 Å². The summed E-state index contributed by atoms with van der Waals surface area (Å²) in [6.07, 6.45) is 5.31. The van der Waals surface area contributed by atoms with E-state index < -0.39 is 0 Å². The number of ether oxygens (including phenoxy) is 1. The standard InChI is InChI=1S/C17H26N2O2.ClH/c1-12-7-8-14(18)11-15(12)17(20)19-9-10-21-16-6-4-3-5-13(16)2;/h7-8,11,13,16H,3-6,9-10,18H2,1-2H3,(H,19,20);1H. The van der Waals surface area contributed by atoms with Gasteiger partial charge in [0.15, 0.2) is 0 Å². The molecule has 1 saturated carbocycles. The average Bonchev–Trinajstić information content (AvgIpc) is 2.47. The van der Waals surface area contributed by atoms with Gasteiger partial charge in [0.05, 0.1) is 12.7 Å². The monoisotopic (exact) mass is 326 g/mol. The number of rotatable bonds is 5. The zero-order valence-corrected chi connectivity index (χ0v) is 14.2. The summed E-state index contributed by atoms with van der Waals surface area (Å²) in [4.78, 5) is 12.1. The van der Waals surface area contributed by atoms with Gasteiger partial charge in [-0.1, -0.05) is 25.8 Å². The van der Waals surface area contributed by atoms with Crippen LogP contribution in [-0.4, -0.2) is 25.2 Å². The number of amides is 1. The fourth-order valence-electron chi connectivity index (χ4n) is 2.88. The lowest BCUT2D eigenvalue weighted by molar-refractivity contribution is -0.00294. The quantitative estimate of drug-likeness (QED) is 0.644. The molecule has 0 radical (unpaired) electrons. The number of nitrogens with one attached hydrogen (secondary N) is 1. The molecule has 0 spiro atoms. The Bertz CT molecular complexity index is 494. The molecule has 3 N–H and O–H groups in total. The molecule has 2 atom stereocenters. The first-order valence-corrected chi connectivity index (χ1v) is 7.84. The lowest BCUT2D eigenvalue weighted by Gasteiger charge is -2.28. The molecule has 1 aliphatic carbocycles. The van der Waals surface area contributed by atoms with E-state index in [0.29, 0.717) is 36.4 Å². The fourth-order valence-corrected chi connectivity index (χ4v) is 2.88. The van der Waals surface area contributed by atoms with Gasteiger partial charge in [-0.2, -0.15) is 0 Å². The number of anilines is 1. The molecule has 4 nitrogen and oxygen atoms in total. The number of hydrogen-bond acceptors (Lipinski definition) is 3. The lowest BCUT2D eigenvalue weighted by atomic mass is 9.88. The Morgan fingerprint density at radius 3 is 2.82 bits per heavy atom. The van der Waals surface area contributed by atoms with Gasteiger partial charge >= 0.3 is 0 Å². The Morgan fingerprint density at radius 1 is 1.36 bits per heavy atom. The van der Waals surface area contributed by atoms with Gasteiger partial charge in [0, 0.05) is 17.8 Å². The largest absolute Gasteiger partial charge is 0.399 e. The second kappa shape index (κ2) is 9.01. The van der Waals surface area contributed by atoms with E-state index in [9.17, 15) is 4.79 Å². The molecule has 0 saturated heterocycles. The van der Waals surface area contributed by atoms with Crippen LogP contribution in [0.3, 0.4) is 0 Å². The Hall–Kier alpha value is -1.26. The molecule has 2 unspecified atom stereocenters. The fraction of sp³-hybridized carbons (Fsp3) is 0.588. The van der Waals surface area contributed by atoms with E-state index >= 15 is 0 Å². The van der Waals surface area contributed by atoms with E-state index in [4.69, 9.17) is 10.5 Å². The third kappa shape index (κ3) is 5.18. The highest BCUT2D eigenvalue weighted by Crippen LogP contribution is 2.25. The van der Waals surface area contributed by atoms with Crippen LogP contribution in [-0.2, 0) is 4.74 Å². The minimum Gasteiger partial charge on any atom is -0.399 e. The number of carbonyl (C=O) groups excluding carboxylic acids is 1. The zero-order chi connectivity index (χ0) is 15.2. The molecular weight excluding hydrogens is 300 g/mol. The molecule has 1 aromatic rings. The van der Waals surface area contributed by atoms with Gasteiger partial charge in [-0.3, -0.25) is 4.79 Å². The van der Waals surface area contributed by atoms with Gasteiger partial charge < -0.3 is 15.8 Å². The van der Waals surface area contributed by atoms with Crippen LogP contribution >= 0.6 is 12.4 Å². The van der Waals surface area contributed by atoms with Gasteiger partial charge in [0.1, 0.15) is 0 Å². The predicted molar refractivity (Wildman–Crippen MR) is 92.5 cm³/mol. The van der Waals surface area contributed by atoms with Crippen LogP contribution in [0.4, 0.5) is 5.69 Å². The van der Waals surface area contributed by atoms with Gasteiger partial charge in [0.25, 0.3) is 5.91 Å². The molecule has 124 valence electrons. The van der Waals surface area contributed by atoms with Crippen molar-refractivity contribution in [2.45, 2.75) is 45.6 Å². The molecule has 0 aliphatic heterocycles. The zero-order valence-electron chi connectivity index (χ0n) is 13.4.